The Hall–Kier alpha value is -1.09. The van der Waals surface area contributed by atoms with Crippen LogP contribution in [0, 0.1) is 0 Å². The predicted octanol–water partition coefficient (Wildman–Crippen LogP) is 5.61. The van der Waals surface area contributed by atoms with Gasteiger partial charge in [-0.3, -0.25) is 0 Å². The van der Waals surface area contributed by atoms with Crippen molar-refractivity contribution in [1.82, 2.24) is 0 Å². The lowest BCUT2D eigenvalue weighted by molar-refractivity contribution is 0.934. The van der Waals surface area contributed by atoms with Gasteiger partial charge in [-0.2, -0.15) is 0 Å². The summed E-state index contributed by atoms with van der Waals surface area (Å²) in [4.78, 5) is 0. The molecule has 0 bridgehead atoms. The van der Waals surface area contributed by atoms with Crippen molar-refractivity contribution in [3.8, 4) is 0 Å². The topological polar surface area (TPSA) is 0 Å². The summed E-state index contributed by atoms with van der Waals surface area (Å²) >= 11 is 2.56. The van der Waals surface area contributed by atoms with Crippen molar-refractivity contribution in [2.75, 3.05) is 0 Å². The summed E-state index contributed by atoms with van der Waals surface area (Å²) in [5, 5.41) is 0. The number of hydrogen-bond donors (Lipinski definition) is 0. The van der Waals surface area contributed by atoms with Gasteiger partial charge in [-0.1, -0.05) is 90.7 Å². The molecule has 0 aliphatic carbocycles. The second kappa shape index (κ2) is 6.90. The summed E-state index contributed by atoms with van der Waals surface area (Å²) < 4.78 is 0.509. The first kappa shape index (κ1) is 14.3. The van der Waals surface area contributed by atoms with Gasteiger partial charge in [0, 0.05) is 3.92 Å². The van der Waals surface area contributed by atoms with Gasteiger partial charge in [0.05, 0.1) is 0 Å². The summed E-state index contributed by atoms with van der Waals surface area (Å²) in [5.74, 6) is 0. The number of alkyl halides is 1. The normalized spacial score (nSPS) is 12.1. The smallest absolute Gasteiger partial charge is 0.0402 e. The van der Waals surface area contributed by atoms with Gasteiger partial charge in [-0.25, -0.2) is 0 Å². The SMILES string of the molecule is C=Cc1ccccc1C[C@@H](I)c1ccccc1CC. The van der Waals surface area contributed by atoms with Gasteiger partial charge in [0.2, 0.25) is 0 Å². The van der Waals surface area contributed by atoms with Crippen molar-refractivity contribution < 1.29 is 0 Å². The van der Waals surface area contributed by atoms with Crippen LogP contribution in [-0.4, -0.2) is 0 Å². The number of halogens is 1. The molecule has 0 spiro atoms. The van der Waals surface area contributed by atoms with Crippen molar-refractivity contribution in [2.24, 2.45) is 0 Å². The molecule has 0 fully saturated rings. The summed E-state index contributed by atoms with van der Waals surface area (Å²) in [6, 6.07) is 17.3. The van der Waals surface area contributed by atoms with Crippen molar-refractivity contribution >= 4 is 28.7 Å². The minimum atomic E-state index is 0.509. The highest BCUT2D eigenvalue weighted by Gasteiger charge is 2.12. The molecule has 0 aromatic heterocycles. The summed E-state index contributed by atoms with van der Waals surface area (Å²) in [7, 11) is 0. The molecule has 0 N–H and O–H groups in total. The third-order valence-electron chi connectivity index (χ3n) is 3.45. The van der Waals surface area contributed by atoms with Crippen LogP contribution in [0.2, 0.25) is 0 Å². The average molecular weight is 362 g/mol. The summed E-state index contributed by atoms with van der Waals surface area (Å²) in [5.41, 5.74) is 5.54. The van der Waals surface area contributed by atoms with E-state index < -0.39 is 0 Å². The highest BCUT2D eigenvalue weighted by atomic mass is 127. The van der Waals surface area contributed by atoms with Gasteiger partial charge in [0.1, 0.15) is 0 Å². The Bertz CT molecular complexity index is 557. The number of rotatable bonds is 5. The van der Waals surface area contributed by atoms with Crippen LogP contribution in [0.1, 0.15) is 33.1 Å². The fourth-order valence-electron chi connectivity index (χ4n) is 2.38. The molecule has 0 saturated carbocycles. The Balaban J connectivity index is 2.25. The number of benzene rings is 2. The maximum absolute atomic E-state index is 3.90. The van der Waals surface area contributed by atoms with E-state index in [-0.39, 0.29) is 0 Å². The molecule has 0 radical (unpaired) electrons. The van der Waals surface area contributed by atoms with Crippen molar-refractivity contribution in [2.45, 2.75) is 23.7 Å². The van der Waals surface area contributed by atoms with Crippen LogP contribution in [0.15, 0.2) is 55.1 Å². The van der Waals surface area contributed by atoms with Gasteiger partial charge in [-0.15, -0.1) is 0 Å². The average Bonchev–Trinajstić information content (AvgIpc) is 2.47. The summed E-state index contributed by atoms with van der Waals surface area (Å²) in [6.45, 7) is 6.12. The third-order valence-corrected chi connectivity index (χ3v) is 4.56. The Kier molecular flexibility index (Phi) is 5.20. The number of hydrogen-bond acceptors (Lipinski definition) is 0. The standard InChI is InChI=1S/C18H19I/c1-3-14-9-5-6-11-16(14)13-18(19)17-12-8-7-10-15(17)4-2/h3,5-12,18H,1,4,13H2,2H3/t18-/m1/s1. The van der Waals surface area contributed by atoms with E-state index in [9.17, 15) is 0 Å². The van der Waals surface area contributed by atoms with E-state index in [0.29, 0.717) is 3.92 Å². The van der Waals surface area contributed by atoms with Crippen LogP contribution < -0.4 is 0 Å². The molecule has 0 unspecified atom stereocenters. The van der Waals surface area contributed by atoms with Crippen LogP contribution >= 0.6 is 22.6 Å². The molecule has 2 aromatic carbocycles. The molecule has 0 aliphatic heterocycles. The lowest BCUT2D eigenvalue weighted by Gasteiger charge is -2.15. The first-order valence-corrected chi connectivity index (χ1v) is 7.93. The van der Waals surface area contributed by atoms with E-state index in [0.717, 1.165) is 12.8 Å². The fraction of sp³-hybridized carbons (Fsp3) is 0.222. The second-order valence-electron chi connectivity index (χ2n) is 4.63. The summed E-state index contributed by atoms with van der Waals surface area (Å²) in [6.07, 6.45) is 4.10. The molecular weight excluding hydrogens is 343 g/mol. The molecule has 2 rings (SSSR count). The maximum Gasteiger partial charge on any atom is 0.0402 e. The first-order valence-electron chi connectivity index (χ1n) is 6.68. The molecule has 1 atom stereocenters. The van der Waals surface area contributed by atoms with Crippen LogP contribution in [0.25, 0.3) is 6.08 Å². The quantitative estimate of drug-likeness (QED) is 0.479. The van der Waals surface area contributed by atoms with E-state index >= 15 is 0 Å². The molecular formula is C18H19I. The largest absolute Gasteiger partial charge is 0.0985 e. The van der Waals surface area contributed by atoms with E-state index in [4.69, 9.17) is 0 Å². The van der Waals surface area contributed by atoms with Crippen LogP contribution in [0.4, 0.5) is 0 Å². The van der Waals surface area contributed by atoms with Crippen molar-refractivity contribution in [3.05, 3.63) is 77.4 Å². The van der Waals surface area contributed by atoms with Gasteiger partial charge < -0.3 is 0 Å². The number of aryl methyl sites for hydroxylation is 1. The highest BCUT2D eigenvalue weighted by Crippen LogP contribution is 2.31. The lowest BCUT2D eigenvalue weighted by atomic mass is 9.96. The molecule has 2 aromatic rings. The molecule has 0 nitrogen and oxygen atoms in total. The Morgan fingerprint density at radius 2 is 1.68 bits per heavy atom. The van der Waals surface area contributed by atoms with Crippen LogP contribution in [-0.2, 0) is 12.8 Å². The zero-order valence-corrected chi connectivity index (χ0v) is 13.4. The minimum absolute atomic E-state index is 0.509. The zero-order chi connectivity index (χ0) is 13.7. The van der Waals surface area contributed by atoms with Crippen molar-refractivity contribution in [1.29, 1.82) is 0 Å². The molecule has 0 saturated heterocycles. The fourth-order valence-corrected chi connectivity index (χ4v) is 3.47. The minimum Gasteiger partial charge on any atom is -0.0985 e. The van der Waals surface area contributed by atoms with Gasteiger partial charge >= 0.3 is 0 Å². The van der Waals surface area contributed by atoms with E-state index in [1.807, 2.05) is 6.08 Å². The maximum atomic E-state index is 3.90. The Labute approximate surface area is 129 Å². The monoisotopic (exact) mass is 362 g/mol. The van der Waals surface area contributed by atoms with E-state index in [1.165, 1.54) is 22.3 Å². The first-order chi connectivity index (χ1) is 9.26. The zero-order valence-electron chi connectivity index (χ0n) is 11.3. The van der Waals surface area contributed by atoms with Gasteiger partial charge in [-0.05, 0) is 35.1 Å². The van der Waals surface area contributed by atoms with Gasteiger partial charge in [0.25, 0.3) is 0 Å². The third kappa shape index (κ3) is 3.47. The van der Waals surface area contributed by atoms with Crippen LogP contribution in [0.3, 0.4) is 0 Å². The predicted molar refractivity (Wildman–Crippen MR) is 92.8 cm³/mol. The van der Waals surface area contributed by atoms with E-state index in [1.54, 1.807) is 0 Å². The molecule has 0 aliphatic rings. The molecule has 19 heavy (non-hydrogen) atoms. The lowest BCUT2D eigenvalue weighted by Crippen LogP contribution is -2.00. The molecule has 0 amide bonds. The van der Waals surface area contributed by atoms with Crippen LogP contribution in [0.5, 0.6) is 0 Å². The molecule has 98 valence electrons. The van der Waals surface area contributed by atoms with Crippen molar-refractivity contribution in [3.63, 3.8) is 0 Å². The Morgan fingerprint density at radius 1 is 1.05 bits per heavy atom. The van der Waals surface area contributed by atoms with E-state index in [2.05, 4.69) is 84.6 Å². The molecule has 0 heterocycles. The second-order valence-corrected chi connectivity index (χ2v) is 6.13. The van der Waals surface area contributed by atoms with Gasteiger partial charge in [0.15, 0.2) is 0 Å². The highest BCUT2D eigenvalue weighted by molar-refractivity contribution is 14.1. The Morgan fingerprint density at radius 3 is 2.37 bits per heavy atom. The molecule has 1 heteroatoms.